The molecule has 3 atom stereocenters. The molecule has 0 bridgehead atoms. The number of carbonyl (C=O) groups excluding carboxylic acids is 2. The van der Waals surface area contributed by atoms with Gasteiger partial charge in [-0.3, -0.25) is 14.6 Å². The van der Waals surface area contributed by atoms with Crippen LogP contribution in [0.15, 0.2) is 61.0 Å². The number of nitrogens with one attached hydrogen (secondary N) is 3. The number of aromatic nitrogens is 1. The highest BCUT2D eigenvalue weighted by Gasteiger charge is 2.34. The Morgan fingerprint density at radius 2 is 1.79 bits per heavy atom. The summed E-state index contributed by atoms with van der Waals surface area (Å²) in [5.74, 6) is 1.45. The molecule has 3 N–H and O–H groups in total. The first-order valence-corrected chi connectivity index (χ1v) is 17.9. The average molecular weight is 649 g/mol. The summed E-state index contributed by atoms with van der Waals surface area (Å²) in [7, 11) is 0. The maximum Gasteiger partial charge on any atom is 0.247 e. The average Bonchev–Trinajstić information content (AvgIpc) is 3.06. The van der Waals surface area contributed by atoms with Crippen molar-refractivity contribution in [3.63, 3.8) is 0 Å². The molecule has 3 unspecified atom stereocenters. The van der Waals surface area contributed by atoms with Gasteiger partial charge in [-0.1, -0.05) is 104 Å². The number of ether oxygens (including phenoxy) is 1. The van der Waals surface area contributed by atoms with E-state index in [1.807, 2.05) is 38.3 Å². The van der Waals surface area contributed by atoms with E-state index in [1.54, 1.807) is 12.3 Å². The van der Waals surface area contributed by atoms with Crippen molar-refractivity contribution in [3.05, 3.63) is 72.2 Å². The van der Waals surface area contributed by atoms with E-state index in [2.05, 4.69) is 75.6 Å². The van der Waals surface area contributed by atoms with Gasteiger partial charge in [0.25, 0.3) is 0 Å². The molecule has 7 nitrogen and oxygen atoms in total. The van der Waals surface area contributed by atoms with Gasteiger partial charge in [0, 0.05) is 37.0 Å². The molecule has 0 radical (unpaired) electrons. The minimum Gasteiger partial charge on any atom is -0.379 e. The van der Waals surface area contributed by atoms with Crippen LogP contribution in [0, 0.1) is 23.7 Å². The minimum absolute atomic E-state index is 0.0242. The minimum atomic E-state index is -0.562. The molecule has 2 rings (SSSR count). The maximum atomic E-state index is 13.9. The van der Waals surface area contributed by atoms with Crippen LogP contribution < -0.4 is 16.0 Å². The standard InChI is InChI=1S/C40H64N4O3/c1-11-31(8)14-12-13-21-40(26-41-22-19-32(9)28(2)3,27-47-23-20-33(10)29(4)5)44-39(46)37-18-16-35(25-43-37)34-15-17-36(42-24-34)38(45)30(6)7/h15-18,24-25,28-30,33,37,41,43H,8-9,11-14,19-23,26-27H2,1-7,10H3,(H,44,46). The van der Waals surface area contributed by atoms with Gasteiger partial charge in [0.05, 0.1) is 12.1 Å². The Balaban J connectivity index is 2.19. The summed E-state index contributed by atoms with van der Waals surface area (Å²) in [6.07, 6.45) is 14.1. The van der Waals surface area contributed by atoms with Crippen molar-refractivity contribution in [1.29, 1.82) is 0 Å². The van der Waals surface area contributed by atoms with Crippen LogP contribution in [0.3, 0.4) is 0 Å². The number of amides is 1. The Morgan fingerprint density at radius 3 is 2.36 bits per heavy atom. The van der Waals surface area contributed by atoms with Crippen LogP contribution >= 0.6 is 0 Å². The Morgan fingerprint density at radius 1 is 1.04 bits per heavy atom. The summed E-state index contributed by atoms with van der Waals surface area (Å²) < 4.78 is 6.37. The van der Waals surface area contributed by atoms with Gasteiger partial charge in [0.15, 0.2) is 5.78 Å². The zero-order chi connectivity index (χ0) is 35.0. The van der Waals surface area contributed by atoms with Crippen LogP contribution in [0.2, 0.25) is 0 Å². The summed E-state index contributed by atoms with van der Waals surface area (Å²) >= 11 is 0. The smallest absolute Gasteiger partial charge is 0.247 e. The largest absolute Gasteiger partial charge is 0.379 e. The number of pyridine rings is 1. The van der Waals surface area contributed by atoms with E-state index < -0.39 is 11.6 Å². The van der Waals surface area contributed by atoms with E-state index in [0.29, 0.717) is 43.2 Å². The topological polar surface area (TPSA) is 92.4 Å². The quantitative estimate of drug-likeness (QED) is 0.0632. The zero-order valence-electron chi connectivity index (χ0n) is 30.7. The summed E-state index contributed by atoms with van der Waals surface area (Å²) in [6.45, 7) is 28.0. The molecule has 262 valence electrons. The van der Waals surface area contributed by atoms with Gasteiger partial charge < -0.3 is 20.7 Å². The number of allylic oxidation sites excluding steroid dienone is 3. The third kappa shape index (κ3) is 13.9. The number of unbranched alkanes of at least 4 members (excludes halogenated alkanes) is 1. The SMILES string of the molecule is C=C(CC)CCCCC(CNCCC(=C)C(C)C)(COCCC(C)C(C)C)NC(=O)C1C=CC(c2ccc(C(=O)C(C)C)nc2)=CN1. The number of nitrogens with zero attached hydrogens (tertiary/aromatic N) is 1. The third-order valence-electron chi connectivity index (χ3n) is 9.50. The molecule has 0 aliphatic carbocycles. The Labute approximate surface area is 286 Å². The van der Waals surface area contributed by atoms with Gasteiger partial charge in [-0.15, -0.1) is 0 Å². The van der Waals surface area contributed by atoms with Gasteiger partial charge in [0.2, 0.25) is 5.91 Å². The Kier molecular flexibility index (Phi) is 17.4. The molecule has 1 aromatic rings. The van der Waals surface area contributed by atoms with Gasteiger partial charge in [0.1, 0.15) is 11.7 Å². The van der Waals surface area contributed by atoms with E-state index in [1.165, 1.54) is 11.1 Å². The molecule has 1 aliphatic rings. The predicted octanol–water partition coefficient (Wildman–Crippen LogP) is 8.06. The highest BCUT2D eigenvalue weighted by atomic mass is 16.5. The lowest BCUT2D eigenvalue weighted by molar-refractivity contribution is -0.125. The summed E-state index contributed by atoms with van der Waals surface area (Å²) in [4.78, 5) is 30.6. The lowest BCUT2D eigenvalue weighted by Gasteiger charge is -2.37. The molecule has 0 aromatic carbocycles. The molecular weight excluding hydrogens is 584 g/mol. The zero-order valence-corrected chi connectivity index (χ0v) is 30.7. The second-order valence-electron chi connectivity index (χ2n) is 14.4. The second kappa shape index (κ2) is 20.4. The fourth-order valence-corrected chi connectivity index (χ4v) is 5.28. The molecule has 0 fully saturated rings. The number of ketones is 1. The van der Waals surface area contributed by atoms with Crippen molar-refractivity contribution < 1.29 is 14.3 Å². The monoisotopic (exact) mass is 648 g/mol. The van der Waals surface area contributed by atoms with Crippen LogP contribution in [0.5, 0.6) is 0 Å². The van der Waals surface area contributed by atoms with Crippen LogP contribution in [0.25, 0.3) is 5.57 Å². The van der Waals surface area contributed by atoms with E-state index in [0.717, 1.165) is 62.6 Å². The van der Waals surface area contributed by atoms with E-state index >= 15 is 0 Å². The van der Waals surface area contributed by atoms with Gasteiger partial charge in [-0.2, -0.15) is 0 Å². The van der Waals surface area contributed by atoms with Crippen molar-refractivity contribution in [2.75, 3.05) is 26.3 Å². The van der Waals surface area contributed by atoms with Crippen LogP contribution in [-0.2, 0) is 9.53 Å². The van der Waals surface area contributed by atoms with Gasteiger partial charge >= 0.3 is 0 Å². The molecule has 2 heterocycles. The fourth-order valence-electron chi connectivity index (χ4n) is 5.28. The van der Waals surface area contributed by atoms with E-state index in [9.17, 15) is 9.59 Å². The molecule has 1 aliphatic heterocycles. The number of hydrogen-bond donors (Lipinski definition) is 3. The molecule has 1 aromatic heterocycles. The van der Waals surface area contributed by atoms with Crippen molar-refractivity contribution in [2.24, 2.45) is 23.7 Å². The normalized spacial score (nSPS) is 16.5. The third-order valence-corrected chi connectivity index (χ3v) is 9.50. The Hall–Kier alpha value is -3.03. The lowest BCUT2D eigenvalue weighted by atomic mass is 9.90. The van der Waals surface area contributed by atoms with Crippen molar-refractivity contribution in [3.8, 4) is 0 Å². The number of hydrogen-bond acceptors (Lipinski definition) is 6. The second-order valence-corrected chi connectivity index (χ2v) is 14.4. The Bertz CT molecular complexity index is 1210. The van der Waals surface area contributed by atoms with Crippen molar-refractivity contribution in [2.45, 2.75) is 112 Å². The summed E-state index contributed by atoms with van der Waals surface area (Å²) in [6, 6.07) is 3.14. The van der Waals surface area contributed by atoms with Crippen LogP contribution in [0.4, 0.5) is 0 Å². The van der Waals surface area contributed by atoms with Crippen molar-refractivity contribution in [1.82, 2.24) is 20.9 Å². The van der Waals surface area contributed by atoms with Crippen LogP contribution in [0.1, 0.15) is 116 Å². The first-order valence-electron chi connectivity index (χ1n) is 17.9. The molecule has 0 saturated carbocycles. The highest BCUT2D eigenvalue weighted by molar-refractivity contribution is 5.96. The molecule has 47 heavy (non-hydrogen) atoms. The van der Waals surface area contributed by atoms with E-state index in [4.69, 9.17) is 4.74 Å². The lowest BCUT2D eigenvalue weighted by Crippen LogP contribution is -2.61. The molecule has 7 heteroatoms. The molecule has 0 saturated heterocycles. The molecular formula is C40H64N4O3. The number of dihydropyridines is 1. The van der Waals surface area contributed by atoms with Crippen molar-refractivity contribution >= 4 is 17.3 Å². The van der Waals surface area contributed by atoms with E-state index in [-0.39, 0.29) is 17.6 Å². The molecule has 1 amide bonds. The first-order chi connectivity index (χ1) is 22.3. The fraction of sp³-hybridized carbons (Fsp3) is 0.625. The summed E-state index contributed by atoms with van der Waals surface area (Å²) in [5, 5.41) is 10.4. The maximum absolute atomic E-state index is 13.9. The highest BCUT2D eigenvalue weighted by Crippen LogP contribution is 2.22. The van der Waals surface area contributed by atoms with Gasteiger partial charge in [-0.05, 0) is 74.5 Å². The predicted molar refractivity (Wildman–Crippen MR) is 197 cm³/mol. The van der Waals surface area contributed by atoms with Gasteiger partial charge in [-0.25, -0.2) is 0 Å². The first kappa shape index (κ1) is 40.1. The number of carbonyl (C=O) groups is 2. The number of rotatable bonds is 23. The molecule has 0 spiro atoms. The number of Topliss-reactive ketones (excluding diaryl/α,β-unsaturated/α-hetero) is 1. The summed E-state index contributed by atoms with van der Waals surface area (Å²) in [5.41, 5.74) is 4.17. The van der Waals surface area contributed by atoms with Crippen LogP contribution in [-0.4, -0.2) is 54.6 Å².